The van der Waals surface area contributed by atoms with Crippen molar-refractivity contribution in [2.75, 3.05) is 0 Å². The van der Waals surface area contributed by atoms with E-state index in [1.54, 1.807) is 0 Å². The zero-order valence-electron chi connectivity index (χ0n) is 11.3. The third-order valence-electron chi connectivity index (χ3n) is 2.35. The number of aromatic nitrogens is 2. The lowest BCUT2D eigenvalue weighted by Gasteiger charge is -2.17. The zero-order chi connectivity index (χ0) is 15.7. The van der Waals surface area contributed by atoms with Gasteiger partial charge in [-0.1, -0.05) is 42.5 Å². The molecule has 21 heavy (non-hydrogen) atoms. The first kappa shape index (κ1) is 17.1. The Morgan fingerprint density at radius 2 is 1.29 bits per heavy atom. The van der Waals surface area contributed by atoms with Crippen LogP contribution in [0.2, 0.25) is 0 Å². The SMILES string of the molecule is C[n+]1ccn2ccccc21.[O-][Cl+3]([O-])([O-])[O-].c1ccccc1. The van der Waals surface area contributed by atoms with E-state index in [0.717, 1.165) is 0 Å². The lowest BCUT2D eigenvalue weighted by atomic mass is 10.4. The van der Waals surface area contributed by atoms with Crippen molar-refractivity contribution in [1.29, 1.82) is 0 Å². The summed E-state index contributed by atoms with van der Waals surface area (Å²) in [6.45, 7) is 0. The van der Waals surface area contributed by atoms with Gasteiger partial charge in [0.15, 0.2) is 0 Å². The normalized spacial score (nSPS) is 10.1. The molecule has 2 heterocycles. The van der Waals surface area contributed by atoms with Crippen molar-refractivity contribution in [2.45, 2.75) is 0 Å². The van der Waals surface area contributed by atoms with Crippen molar-refractivity contribution in [3.8, 4) is 0 Å². The highest BCUT2D eigenvalue weighted by molar-refractivity contribution is 5.30. The van der Waals surface area contributed by atoms with E-state index in [4.69, 9.17) is 18.6 Å². The molecule has 0 amide bonds. The van der Waals surface area contributed by atoms with Gasteiger partial charge in [0.1, 0.15) is 12.4 Å². The number of rotatable bonds is 0. The Hall–Kier alpha value is -1.96. The van der Waals surface area contributed by atoms with E-state index in [1.807, 2.05) is 74.2 Å². The fourth-order valence-electron chi connectivity index (χ4n) is 1.51. The maximum atomic E-state index is 8.49. The first-order valence-electron chi connectivity index (χ1n) is 5.91. The largest absolute Gasteiger partial charge is 0.285 e. The lowest BCUT2D eigenvalue weighted by Crippen LogP contribution is -2.68. The highest BCUT2D eigenvalue weighted by atomic mass is 35.7. The molecule has 0 atom stereocenters. The predicted octanol–water partition coefficient (Wildman–Crippen LogP) is -2.31. The van der Waals surface area contributed by atoms with Gasteiger partial charge in [0.05, 0.1) is 13.2 Å². The molecule has 0 N–H and O–H groups in total. The highest BCUT2D eigenvalue weighted by Gasteiger charge is 2.00. The fourth-order valence-corrected chi connectivity index (χ4v) is 1.51. The van der Waals surface area contributed by atoms with Gasteiger partial charge in [0.2, 0.25) is 0 Å². The van der Waals surface area contributed by atoms with Crippen LogP contribution in [0.3, 0.4) is 0 Å². The summed E-state index contributed by atoms with van der Waals surface area (Å²) in [5.74, 6) is 0. The Kier molecular flexibility index (Phi) is 6.80. The number of imidazole rings is 1. The van der Waals surface area contributed by atoms with Gasteiger partial charge in [0, 0.05) is 6.07 Å². The van der Waals surface area contributed by atoms with Crippen molar-refractivity contribution < 1.29 is 33.4 Å². The number of fused-ring (bicyclic) bond motifs is 1. The average molecular weight is 311 g/mol. The standard InChI is InChI=1S/C8H9N2.C6H6.ClHO4/c1-9-6-7-10-5-3-2-4-8(9)10;1-2-4-6-5-3-1;2-1(3,4)5/h2-7H,1H3;1-6H;(H,2,3,4,5)/q+1;;/p-1. The molecule has 0 aliphatic heterocycles. The monoisotopic (exact) mass is 310 g/mol. The molecule has 0 aliphatic carbocycles. The topological polar surface area (TPSA) is 101 Å². The van der Waals surface area contributed by atoms with Gasteiger partial charge < -0.3 is 0 Å². The second-order valence-corrected chi connectivity index (χ2v) is 4.66. The number of pyridine rings is 1. The number of hydrogen-bond donors (Lipinski definition) is 0. The summed E-state index contributed by atoms with van der Waals surface area (Å²) in [5, 5.41) is 0. The van der Waals surface area contributed by atoms with E-state index in [0.29, 0.717) is 0 Å². The van der Waals surface area contributed by atoms with Crippen LogP contribution in [-0.4, -0.2) is 4.40 Å². The van der Waals surface area contributed by atoms with Crippen molar-refractivity contribution in [1.82, 2.24) is 4.40 Å². The summed E-state index contributed by atoms with van der Waals surface area (Å²) in [4.78, 5) is 0. The van der Waals surface area contributed by atoms with Gasteiger partial charge in [-0.05, 0) is 6.07 Å². The van der Waals surface area contributed by atoms with E-state index in [1.165, 1.54) is 5.65 Å². The number of aryl methyl sites for hydroxylation is 1. The van der Waals surface area contributed by atoms with Gasteiger partial charge in [-0.25, -0.2) is 27.6 Å². The van der Waals surface area contributed by atoms with Crippen LogP contribution in [0.4, 0.5) is 0 Å². The number of nitrogens with zero attached hydrogens (tertiary/aromatic N) is 2. The molecule has 7 heteroatoms. The van der Waals surface area contributed by atoms with Gasteiger partial charge in [-0.15, -0.1) is 10.2 Å². The average Bonchev–Trinajstić information content (AvgIpc) is 2.82. The van der Waals surface area contributed by atoms with Gasteiger partial charge in [-0.2, -0.15) is 0 Å². The van der Waals surface area contributed by atoms with Crippen LogP contribution < -0.4 is 23.2 Å². The van der Waals surface area contributed by atoms with Crippen molar-refractivity contribution >= 4 is 5.65 Å². The molecule has 0 saturated heterocycles. The lowest BCUT2D eigenvalue weighted by molar-refractivity contribution is -2.00. The van der Waals surface area contributed by atoms with E-state index in [9.17, 15) is 0 Å². The summed E-state index contributed by atoms with van der Waals surface area (Å²) in [7, 11) is -2.91. The second kappa shape index (κ2) is 8.35. The first-order valence-corrected chi connectivity index (χ1v) is 7.14. The minimum Gasteiger partial charge on any atom is -0.233 e. The summed E-state index contributed by atoms with van der Waals surface area (Å²) in [6, 6.07) is 18.1. The summed E-state index contributed by atoms with van der Waals surface area (Å²) in [5.41, 5.74) is 1.21. The Morgan fingerprint density at radius 1 is 0.810 bits per heavy atom. The maximum absolute atomic E-state index is 8.49. The smallest absolute Gasteiger partial charge is 0.233 e. The Labute approximate surface area is 124 Å². The Morgan fingerprint density at radius 3 is 1.71 bits per heavy atom. The van der Waals surface area contributed by atoms with Crippen molar-refractivity contribution in [3.63, 3.8) is 0 Å². The molecule has 2 aromatic heterocycles. The second-order valence-electron chi connectivity index (χ2n) is 3.91. The number of hydrogen-bond acceptors (Lipinski definition) is 4. The molecule has 0 radical (unpaired) electrons. The van der Waals surface area contributed by atoms with Crippen LogP contribution in [-0.2, 0) is 7.05 Å². The maximum Gasteiger partial charge on any atom is 0.285 e. The molecule has 0 saturated carbocycles. The third-order valence-corrected chi connectivity index (χ3v) is 2.35. The van der Waals surface area contributed by atoms with E-state index >= 15 is 0 Å². The minimum atomic E-state index is -4.94. The number of halogens is 1. The summed E-state index contributed by atoms with van der Waals surface area (Å²) < 4.78 is 38.1. The van der Waals surface area contributed by atoms with Gasteiger partial charge in [0.25, 0.3) is 5.65 Å². The fraction of sp³-hybridized carbons (Fsp3) is 0.0714. The molecule has 112 valence electrons. The quantitative estimate of drug-likeness (QED) is 0.436. The van der Waals surface area contributed by atoms with Crippen LogP contribution in [0.5, 0.6) is 0 Å². The van der Waals surface area contributed by atoms with Crippen LogP contribution in [0.25, 0.3) is 5.65 Å². The van der Waals surface area contributed by atoms with E-state index < -0.39 is 10.2 Å². The van der Waals surface area contributed by atoms with Crippen molar-refractivity contribution in [2.24, 2.45) is 7.05 Å². The van der Waals surface area contributed by atoms with Crippen LogP contribution in [0.15, 0.2) is 73.2 Å². The molecular weight excluding hydrogens is 296 g/mol. The number of benzene rings is 1. The molecule has 0 fully saturated rings. The molecular formula is C14H15ClN2O4. The highest BCUT2D eigenvalue weighted by Crippen LogP contribution is 1.94. The molecule has 0 aliphatic rings. The summed E-state index contributed by atoms with van der Waals surface area (Å²) >= 11 is 0. The molecule has 0 bridgehead atoms. The third kappa shape index (κ3) is 8.03. The van der Waals surface area contributed by atoms with Gasteiger partial charge in [-0.3, -0.25) is 0 Å². The van der Waals surface area contributed by atoms with E-state index in [2.05, 4.69) is 15.0 Å². The Bertz CT molecular complexity index is 605. The summed E-state index contributed by atoms with van der Waals surface area (Å²) in [6.07, 6.45) is 6.11. The predicted molar refractivity (Wildman–Crippen MR) is 65.0 cm³/mol. The van der Waals surface area contributed by atoms with Crippen LogP contribution in [0.1, 0.15) is 0 Å². The molecule has 0 spiro atoms. The Balaban J connectivity index is 0.000000173. The van der Waals surface area contributed by atoms with Gasteiger partial charge >= 0.3 is 0 Å². The molecule has 1 aromatic carbocycles. The van der Waals surface area contributed by atoms with Crippen molar-refractivity contribution in [3.05, 3.63) is 73.2 Å². The molecule has 3 rings (SSSR count). The van der Waals surface area contributed by atoms with Crippen LogP contribution >= 0.6 is 0 Å². The molecule has 6 nitrogen and oxygen atoms in total. The molecule has 3 aromatic rings. The first-order chi connectivity index (χ1) is 9.88. The van der Waals surface area contributed by atoms with E-state index in [-0.39, 0.29) is 0 Å². The molecule has 0 unspecified atom stereocenters. The minimum absolute atomic E-state index is 1.21. The zero-order valence-corrected chi connectivity index (χ0v) is 12.1. The van der Waals surface area contributed by atoms with Crippen LogP contribution in [0, 0.1) is 10.2 Å².